The van der Waals surface area contributed by atoms with Crippen molar-refractivity contribution < 1.29 is 9.59 Å². The van der Waals surface area contributed by atoms with E-state index in [4.69, 9.17) is 11.6 Å². The quantitative estimate of drug-likeness (QED) is 0.650. The van der Waals surface area contributed by atoms with Crippen LogP contribution >= 0.6 is 11.6 Å². The molecule has 8 heteroatoms. The highest BCUT2D eigenvalue weighted by atomic mass is 35.5. The second-order valence-corrected chi connectivity index (χ2v) is 7.29. The highest BCUT2D eigenvalue weighted by molar-refractivity contribution is 6.33. The van der Waals surface area contributed by atoms with E-state index in [1.165, 1.54) is 17.0 Å². The Labute approximate surface area is 172 Å². The van der Waals surface area contributed by atoms with Crippen molar-refractivity contribution in [2.24, 2.45) is 0 Å². The van der Waals surface area contributed by atoms with Crippen LogP contribution in [0.5, 0.6) is 0 Å². The molecule has 0 bridgehead atoms. The standard InChI is InChI=1S/C21H21ClN4O3/c1-13(2)24-20(28)14-7-8-16(22)18(11-14)25-19(27)9-10-26-12-23-17-6-4-3-5-15(17)21(26)29/h3-8,11-13H,9-10H2,1-2H3,(H,24,28)(H,25,27). The SMILES string of the molecule is CC(C)NC(=O)c1ccc(Cl)c(NC(=O)CCn2cnc3ccccc3c2=O)c1. The van der Waals surface area contributed by atoms with E-state index in [9.17, 15) is 14.4 Å². The van der Waals surface area contributed by atoms with Crippen LogP contribution in [0, 0.1) is 0 Å². The molecule has 0 aliphatic rings. The Morgan fingerprint density at radius 3 is 2.69 bits per heavy atom. The number of hydrogen-bond donors (Lipinski definition) is 2. The first-order chi connectivity index (χ1) is 13.8. The number of benzene rings is 2. The number of aryl methyl sites for hydroxylation is 1. The molecule has 150 valence electrons. The first kappa shape index (κ1) is 20.5. The largest absolute Gasteiger partial charge is 0.350 e. The molecule has 2 amide bonds. The minimum atomic E-state index is -0.326. The van der Waals surface area contributed by atoms with Crippen LogP contribution in [0.1, 0.15) is 30.6 Å². The van der Waals surface area contributed by atoms with Crippen molar-refractivity contribution in [3.05, 3.63) is 69.7 Å². The maximum Gasteiger partial charge on any atom is 0.261 e. The Balaban J connectivity index is 1.69. The average molecular weight is 413 g/mol. The van der Waals surface area contributed by atoms with E-state index >= 15 is 0 Å². The van der Waals surface area contributed by atoms with Gasteiger partial charge in [0.2, 0.25) is 5.91 Å². The van der Waals surface area contributed by atoms with Crippen molar-refractivity contribution in [2.45, 2.75) is 32.9 Å². The second kappa shape index (κ2) is 8.87. The number of nitrogens with one attached hydrogen (secondary N) is 2. The van der Waals surface area contributed by atoms with Gasteiger partial charge in [0.05, 0.1) is 27.9 Å². The number of carbonyl (C=O) groups excluding carboxylic acids is 2. The van der Waals surface area contributed by atoms with Crippen LogP contribution < -0.4 is 16.2 Å². The molecule has 0 aliphatic heterocycles. The number of nitrogens with zero attached hydrogens (tertiary/aromatic N) is 2. The Kier molecular flexibility index (Phi) is 6.29. The first-order valence-corrected chi connectivity index (χ1v) is 9.57. The fourth-order valence-electron chi connectivity index (χ4n) is 2.81. The van der Waals surface area contributed by atoms with Crippen molar-refractivity contribution >= 4 is 40.0 Å². The third-order valence-corrected chi connectivity index (χ3v) is 4.56. The zero-order valence-corrected chi connectivity index (χ0v) is 16.9. The summed E-state index contributed by atoms with van der Waals surface area (Å²) in [6.45, 7) is 3.90. The summed E-state index contributed by atoms with van der Waals surface area (Å²) in [4.78, 5) is 41.2. The molecule has 0 radical (unpaired) electrons. The third-order valence-electron chi connectivity index (χ3n) is 4.23. The number of halogens is 1. The molecule has 0 unspecified atom stereocenters. The summed E-state index contributed by atoms with van der Waals surface area (Å²) in [5.74, 6) is -0.575. The summed E-state index contributed by atoms with van der Waals surface area (Å²) >= 11 is 6.15. The Bertz CT molecular complexity index is 1120. The highest BCUT2D eigenvalue weighted by Crippen LogP contribution is 2.23. The minimum Gasteiger partial charge on any atom is -0.350 e. The van der Waals surface area contributed by atoms with Crippen LogP contribution in [-0.4, -0.2) is 27.4 Å². The van der Waals surface area contributed by atoms with Crippen LogP contribution in [0.4, 0.5) is 5.69 Å². The summed E-state index contributed by atoms with van der Waals surface area (Å²) < 4.78 is 1.40. The monoisotopic (exact) mass is 412 g/mol. The van der Waals surface area contributed by atoms with E-state index in [1.54, 1.807) is 30.3 Å². The molecule has 29 heavy (non-hydrogen) atoms. The fourth-order valence-corrected chi connectivity index (χ4v) is 2.97. The van der Waals surface area contributed by atoms with Crippen LogP contribution in [0.25, 0.3) is 10.9 Å². The van der Waals surface area contributed by atoms with Gasteiger partial charge in [0, 0.05) is 24.6 Å². The van der Waals surface area contributed by atoms with Gasteiger partial charge in [0.25, 0.3) is 11.5 Å². The molecule has 0 fully saturated rings. The normalized spacial score (nSPS) is 10.9. The summed E-state index contributed by atoms with van der Waals surface area (Å²) in [6, 6.07) is 11.7. The van der Waals surface area contributed by atoms with Crippen molar-refractivity contribution in [1.82, 2.24) is 14.9 Å². The maximum atomic E-state index is 12.5. The van der Waals surface area contributed by atoms with E-state index < -0.39 is 0 Å². The fraction of sp³-hybridized carbons (Fsp3) is 0.238. The molecule has 1 heterocycles. The number of amides is 2. The molecule has 0 spiro atoms. The lowest BCUT2D eigenvalue weighted by molar-refractivity contribution is -0.116. The molecular weight excluding hydrogens is 392 g/mol. The van der Waals surface area contributed by atoms with Gasteiger partial charge >= 0.3 is 0 Å². The number of fused-ring (bicyclic) bond motifs is 1. The van der Waals surface area contributed by atoms with Gasteiger partial charge in [-0.15, -0.1) is 0 Å². The molecule has 0 saturated carbocycles. The molecule has 7 nitrogen and oxygen atoms in total. The number of aromatic nitrogens is 2. The Hall–Kier alpha value is -3.19. The smallest absolute Gasteiger partial charge is 0.261 e. The van der Waals surface area contributed by atoms with Gasteiger partial charge in [-0.3, -0.25) is 19.0 Å². The van der Waals surface area contributed by atoms with Gasteiger partial charge in [-0.05, 0) is 44.2 Å². The Morgan fingerprint density at radius 1 is 1.17 bits per heavy atom. The van der Waals surface area contributed by atoms with Gasteiger partial charge < -0.3 is 10.6 Å². The highest BCUT2D eigenvalue weighted by Gasteiger charge is 2.12. The van der Waals surface area contributed by atoms with Gasteiger partial charge in [0.15, 0.2) is 0 Å². The van der Waals surface area contributed by atoms with Gasteiger partial charge in [-0.25, -0.2) is 4.98 Å². The molecular formula is C21H21ClN4O3. The molecule has 3 rings (SSSR count). The number of carbonyl (C=O) groups is 2. The molecule has 3 aromatic rings. The summed E-state index contributed by atoms with van der Waals surface area (Å²) in [5, 5.41) is 6.31. The summed E-state index contributed by atoms with van der Waals surface area (Å²) in [6.07, 6.45) is 1.49. The van der Waals surface area contributed by atoms with Gasteiger partial charge in [0.1, 0.15) is 0 Å². The van der Waals surface area contributed by atoms with E-state index in [1.807, 2.05) is 19.9 Å². The topological polar surface area (TPSA) is 93.1 Å². The van der Waals surface area contributed by atoms with E-state index in [0.717, 1.165) is 0 Å². The van der Waals surface area contributed by atoms with Crippen molar-refractivity contribution in [2.75, 3.05) is 5.32 Å². The van der Waals surface area contributed by atoms with E-state index in [0.29, 0.717) is 27.2 Å². The minimum absolute atomic E-state index is 0.00917. The lowest BCUT2D eigenvalue weighted by Crippen LogP contribution is -2.30. The predicted octanol–water partition coefficient (Wildman–Crippen LogP) is 3.22. The van der Waals surface area contributed by atoms with E-state index in [-0.39, 0.29) is 36.4 Å². The van der Waals surface area contributed by atoms with Gasteiger partial charge in [-0.2, -0.15) is 0 Å². The number of hydrogen-bond acceptors (Lipinski definition) is 4. The molecule has 1 aromatic heterocycles. The van der Waals surface area contributed by atoms with Crippen molar-refractivity contribution in [1.29, 1.82) is 0 Å². The number of para-hydroxylation sites is 1. The molecule has 0 saturated heterocycles. The first-order valence-electron chi connectivity index (χ1n) is 9.19. The second-order valence-electron chi connectivity index (χ2n) is 6.88. The third kappa shape index (κ3) is 5.00. The van der Waals surface area contributed by atoms with Crippen molar-refractivity contribution in [3.63, 3.8) is 0 Å². The number of anilines is 1. The molecule has 0 aliphatic carbocycles. The van der Waals surface area contributed by atoms with Crippen LogP contribution in [-0.2, 0) is 11.3 Å². The predicted molar refractivity (Wildman–Crippen MR) is 113 cm³/mol. The molecule has 2 aromatic carbocycles. The number of rotatable bonds is 6. The van der Waals surface area contributed by atoms with E-state index in [2.05, 4.69) is 15.6 Å². The zero-order valence-electron chi connectivity index (χ0n) is 16.1. The lowest BCUT2D eigenvalue weighted by atomic mass is 10.1. The maximum absolute atomic E-state index is 12.5. The zero-order chi connectivity index (χ0) is 21.0. The van der Waals surface area contributed by atoms with Crippen LogP contribution in [0.2, 0.25) is 5.02 Å². The van der Waals surface area contributed by atoms with Crippen molar-refractivity contribution in [3.8, 4) is 0 Å². The molecule has 2 N–H and O–H groups in total. The summed E-state index contributed by atoms with van der Waals surface area (Å²) in [5.41, 5.74) is 1.15. The van der Waals surface area contributed by atoms with Gasteiger partial charge in [-0.1, -0.05) is 23.7 Å². The lowest BCUT2D eigenvalue weighted by Gasteiger charge is -2.12. The average Bonchev–Trinajstić information content (AvgIpc) is 2.69. The van der Waals surface area contributed by atoms with Crippen LogP contribution in [0.3, 0.4) is 0 Å². The molecule has 0 atom stereocenters. The Morgan fingerprint density at radius 2 is 1.93 bits per heavy atom. The summed E-state index contributed by atoms with van der Waals surface area (Å²) in [7, 11) is 0. The van der Waals surface area contributed by atoms with Crippen LogP contribution in [0.15, 0.2) is 53.6 Å².